The first kappa shape index (κ1) is 26.1. The Morgan fingerprint density at radius 1 is 1.06 bits per heavy atom. The van der Waals surface area contributed by atoms with E-state index in [9.17, 15) is 0 Å². The summed E-state index contributed by atoms with van der Waals surface area (Å²) in [7, 11) is 0. The quantitative estimate of drug-likeness (QED) is 0.360. The van der Waals surface area contributed by atoms with E-state index in [-0.39, 0.29) is 52.5 Å². The molecule has 0 heterocycles. The molecule has 0 radical (unpaired) electrons. The summed E-state index contributed by atoms with van der Waals surface area (Å²) >= 11 is 0. The summed E-state index contributed by atoms with van der Waals surface area (Å²) in [6.45, 7) is 10.4. The molecule has 6 heteroatoms. The number of rotatable bonds is 0. The molecule has 0 amide bonds. The predicted molar refractivity (Wildman–Crippen MR) is 62.0 cm³/mol. The van der Waals surface area contributed by atoms with Crippen molar-refractivity contribution in [1.82, 2.24) is 0 Å². The van der Waals surface area contributed by atoms with Gasteiger partial charge in [-0.05, 0) is 0 Å². The van der Waals surface area contributed by atoms with Crippen molar-refractivity contribution in [3.05, 3.63) is 22.8 Å². The van der Waals surface area contributed by atoms with E-state index in [0.29, 0.717) is 0 Å². The van der Waals surface area contributed by atoms with Gasteiger partial charge >= 0.3 is 21.7 Å². The van der Waals surface area contributed by atoms with Crippen LogP contribution in [0.1, 0.15) is 34.6 Å². The van der Waals surface area contributed by atoms with Crippen molar-refractivity contribution < 1.29 is 53.9 Å². The van der Waals surface area contributed by atoms with Crippen molar-refractivity contribution in [3.63, 3.8) is 0 Å². The molecular formula is C12H19ClO4Ti. The smallest absolute Gasteiger partial charge is 1.00 e. The maximum absolute atomic E-state index is 8.36. The number of carboxylic acid groups (broad SMARTS) is 2. The van der Waals surface area contributed by atoms with Crippen LogP contribution in [0.15, 0.2) is 16.7 Å². The normalized spacial score (nSPS) is 14.4. The van der Waals surface area contributed by atoms with Crippen LogP contribution in [0.3, 0.4) is 0 Å². The molecule has 2 N–H and O–H groups in total. The number of hydrogen-bond acceptors (Lipinski definition) is 2. The average Bonchev–Trinajstić information content (AvgIpc) is 2.32. The van der Waals surface area contributed by atoms with Gasteiger partial charge in [-0.25, -0.2) is 5.57 Å². The Morgan fingerprint density at radius 3 is 1.39 bits per heavy atom. The van der Waals surface area contributed by atoms with Crippen LogP contribution in [0.25, 0.3) is 0 Å². The summed E-state index contributed by atoms with van der Waals surface area (Å²) < 4.78 is 0. The van der Waals surface area contributed by atoms with Gasteiger partial charge in [-0.2, -0.15) is 11.1 Å². The van der Waals surface area contributed by atoms with Gasteiger partial charge in [0.1, 0.15) is 0 Å². The molecule has 0 saturated heterocycles. The molecule has 0 aliphatic heterocycles. The summed E-state index contributed by atoms with van der Waals surface area (Å²) in [5.41, 5.74) is 4.39. The van der Waals surface area contributed by atoms with Crippen LogP contribution in [0.2, 0.25) is 0 Å². The zero-order valence-electron chi connectivity index (χ0n) is 11.2. The Kier molecular flexibility index (Phi) is 18.6. The average molecular weight is 311 g/mol. The third kappa shape index (κ3) is 9.45. The SMILES string of the molecule is CC1=[C-]C(C)(C)C(C)=C1C.O=CO.O=CO.[Cl-].[Ti+2]. The first-order valence-corrected chi connectivity index (χ1v) is 4.74. The Labute approximate surface area is 129 Å². The zero-order chi connectivity index (χ0) is 13.4. The molecule has 0 unspecified atom stereocenters. The van der Waals surface area contributed by atoms with E-state index in [1.807, 2.05) is 0 Å². The second kappa shape index (κ2) is 12.9. The Morgan fingerprint density at radius 2 is 1.33 bits per heavy atom. The third-order valence-corrected chi connectivity index (χ3v) is 2.56. The van der Waals surface area contributed by atoms with Gasteiger partial charge in [-0.3, -0.25) is 15.7 Å². The van der Waals surface area contributed by atoms with Crippen molar-refractivity contribution >= 4 is 12.9 Å². The molecule has 4 nitrogen and oxygen atoms in total. The fourth-order valence-electron chi connectivity index (χ4n) is 1.41. The van der Waals surface area contributed by atoms with Gasteiger partial charge in [-0.15, -0.1) is 6.92 Å². The number of halogens is 1. The molecule has 0 atom stereocenters. The predicted octanol–water partition coefficient (Wildman–Crippen LogP) is -0.485. The Hall–Kier alpha value is -0.576. The molecule has 0 aromatic rings. The summed E-state index contributed by atoms with van der Waals surface area (Å²) in [6, 6.07) is 0. The standard InChI is InChI=1S/C10H15.2CH2O2.ClH.Ti/c1-7-6-10(4,5)9(3)8(7)2;2*2-1-3;;/h1-5H3;2*1H,(H,2,3);1H;/q-1;;;;+2/p-1. The second-order valence-electron chi connectivity index (χ2n) is 3.84. The maximum Gasteiger partial charge on any atom is 2.00 e. The first-order valence-electron chi connectivity index (χ1n) is 4.74. The van der Waals surface area contributed by atoms with Crippen molar-refractivity contribution in [3.8, 4) is 0 Å². The van der Waals surface area contributed by atoms with E-state index in [0.717, 1.165) is 0 Å². The fourth-order valence-corrected chi connectivity index (χ4v) is 1.41. The van der Waals surface area contributed by atoms with Crippen LogP contribution in [-0.2, 0) is 31.3 Å². The summed E-state index contributed by atoms with van der Waals surface area (Å²) in [6.07, 6.45) is 3.44. The van der Waals surface area contributed by atoms with Gasteiger partial charge in [0.2, 0.25) is 0 Å². The van der Waals surface area contributed by atoms with Gasteiger partial charge < -0.3 is 22.6 Å². The molecule has 0 spiro atoms. The summed E-state index contributed by atoms with van der Waals surface area (Å²) in [4.78, 5) is 16.7. The number of allylic oxidation sites excluding steroid dienone is 4. The number of hydrogen-bond donors (Lipinski definition) is 2. The van der Waals surface area contributed by atoms with Crippen LogP contribution in [0.4, 0.5) is 0 Å². The van der Waals surface area contributed by atoms with Gasteiger partial charge in [0.25, 0.3) is 12.9 Å². The van der Waals surface area contributed by atoms with Crippen LogP contribution in [0.5, 0.6) is 0 Å². The molecular weight excluding hydrogens is 291 g/mol. The molecule has 1 rings (SSSR count). The van der Waals surface area contributed by atoms with Crippen LogP contribution < -0.4 is 12.4 Å². The monoisotopic (exact) mass is 310 g/mol. The Balaban J connectivity index is -0.000000106. The van der Waals surface area contributed by atoms with Crippen LogP contribution in [0, 0.1) is 11.5 Å². The van der Waals surface area contributed by atoms with Gasteiger partial charge in [-0.1, -0.05) is 33.1 Å². The van der Waals surface area contributed by atoms with E-state index in [1.165, 1.54) is 16.7 Å². The molecule has 1 aliphatic rings. The zero-order valence-corrected chi connectivity index (χ0v) is 13.6. The van der Waals surface area contributed by atoms with Crippen molar-refractivity contribution in [1.29, 1.82) is 0 Å². The topological polar surface area (TPSA) is 74.6 Å². The van der Waals surface area contributed by atoms with Crippen LogP contribution >= 0.6 is 0 Å². The fraction of sp³-hybridized carbons (Fsp3) is 0.500. The first-order chi connectivity index (χ1) is 7.28. The number of carbonyl (C=O) groups is 2. The molecule has 0 aromatic heterocycles. The molecule has 0 fully saturated rings. The minimum Gasteiger partial charge on any atom is -1.00 e. The van der Waals surface area contributed by atoms with E-state index in [2.05, 4.69) is 40.7 Å². The molecule has 18 heavy (non-hydrogen) atoms. The maximum atomic E-state index is 8.36. The minimum atomic E-state index is -0.250. The molecule has 1 aliphatic carbocycles. The summed E-state index contributed by atoms with van der Waals surface area (Å²) in [5.74, 6) is 0. The van der Waals surface area contributed by atoms with Crippen molar-refractivity contribution in [2.45, 2.75) is 34.6 Å². The molecule has 102 valence electrons. The molecule has 0 bridgehead atoms. The molecule has 0 saturated carbocycles. The van der Waals surface area contributed by atoms with E-state index >= 15 is 0 Å². The minimum absolute atomic E-state index is 0. The van der Waals surface area contributed by atoms with Crippen LogP contribution in [-0.4, -0.2) is 23.2 Å². The van der Waals surface area contributed by atoms with E-state index in [1.54, 1.807) is 0 Å². The van der Waals surface area contributed by atoms with Crippen molar-refractivity contribution in [2.75, 3.05) is 0 Å². The van der Waals surface area contributed by atoms with E-state index in [4.69, 9.17) is 19.8 Å². The van der Waals surface area contributed by atoms with Gasteiger partial charge in [0.05, 0.1) is 0 Å². The van der Waals surface area contributed by atoms with Gasteiger partial charge in [0.15, 0.2) is 0 Å². The molecule has 0 aromatic carbocycles. The van der Waals surface area contributed by atoms with E-state index < -0.39 is 0 Å². The largest absolute Gasteiger partial charge is 2.00 e. The third-order valence-electron chi connectivity index (χ3n) is 2.56. The van der Waals surface area contributed by atoms with Crippen molar-refractivity contribution in [2.24, 2.45) is 5.41 Å². The summed E-state index contributed by atoms with van der Waals surface area (Å²) in [5, 5.41) is 13.8. The van der Waals surface area contributed by atoms with Gasteiger partial charge in [0, 0.05) is 0 Å². The second-order valence-corrected chi connectivity index (χ2v) is 3.84. The Bertz CT molecular complexity index is 303.